The SMILES string of the molecule is O=C(NCC1CCNC1)c1cc([N+](=O)[O-])cc(Cl)c1Cl. The average molecular weight is 318 g/mol. The summed E-state index contributed by atoms with van der Waals surface area (Å²) < 4.78 is 0. The Labute approximate surface area is 125 Å². The Bertz CT molecular complexity index is 545. The highest BCUT2D eigenvalue weighted by Gasteiger charge is 2.21. The number of non-ortho nitro benzene ring substituents is 1. The van der Waals surface area contributed by atoms with Crippen LogP contribution in [0.4, 0.5) is 5.69 Å². The third kappa shape index (κ3) is 3.39. The number of nitrogens with zero attached hydrogens (tertiary/aromatic N) is 1. The summed E-state index contributed by atoms with van der Waals surface area (Å²) in [5, 5.41) is 16.7. The van der Waals surface area contributed by atoms with Gasteiger partial charge in [-0.05, 0) is 25.4 Å². The molecular formula is C12H13Cl2N3O3. The molecule has 6 nitrogen and oxygen atoms in total. The first-order valence-electron chi connectivity index (χ1n) is 6.11. The van der Waals surface area contributed by atoms with Crippen molar-refractivity contribution >= 4 is 34.8 Å². The third-order valence-electron chi connectivity index (χ3n) is 3.18. The summed E-state index contributed by atoms with van der Waals surface area (Å²) in [4.78, 5) is 22.2. The van der Waals surface area contributed by atoms with Gasteiger partial charge in [-0.3, -0.25) is 14.9 Å². The van der Waals surface area contributed by atoms with Crippen molar-refractivity contribution in [3.63, 3.8) is 0 Å². The minimum Gasteiger partial charge on any atom is -0.352 e. The Kier molecular flexibility index (Phi) is 4.80. The quantitative estimate of drug-likeness (QED) is 0.659. The zero-order valence-electron chi connectivity index (χ0n) is 10.5. The highest BCUT2D eigenvalue weighted by Crippen LogP contribution is 2.30. The molecule has 0 spiro atoms. The molecule has 1 atom stereocenters. The maximum absolute atomic E-state index is 12.1. The number of amides is 1. The number of nitrogens with one attached hydrogen (secondary N) is 2. The molecule has 0 aliphatic carbocycles. The molecule has 0 aromatic heterocycles. The van der Waals surface area contributed by atoms with E-state index in [1.165, 1.54) is 0 Å². The van der Waals surface area contributed by atoms with Crippen LogP contribution in [0.5, 0.6) is 0 Å². The smallest absolute Gasteiger partial charge is 0.271 e. The standard InChI is InChI=1S/C12H13Cl2N3O3/c13-10-4-8(17(19)20)3-9(11(10)14)12(18)16-6-7-1-2-15-5-7/h3-4,7,15H,1-2,5-6H2,(H,16,18). The van der Waals surface area contributed by atoms with Gasteiger partial charge in [-0.1, -0.05) is 23.2 Å². The van der Waals surface area contributed by atoms with Crippen LogP contribution in [0.1, 0.15) is 16.8 Å². The number of rotatable bonds is 4. The van der Waals surface area contributed by atoms with Crippen molar-refractivity contribution in [3.05, 3.63) is 37.9 Å². The largest absolute Gasteiger partial charge is 0.352 e. The van der Waals surface area contributed by atoms with E-state index in [0.29, 0.717) is 12.5 Å². The number of halogens is 2. The van der Waals surface area contributed by atoms with E-state index in [-0.39, 0.29) is 21.3 Å². The van der Waals surface area contributed by atoms with E-state index in [1.807, 2.05) is 0 Å². The van der Waals surface area contributed by atoms with Crippen molar-refractivity contribution in [2.24, 2.45) is 5.92 Å². The van der Waals surface area contributed by atoms with Crippen molar-refractivity contribution in [2.75, 3.05) is 19.6 Å². The molecular weight excluding hydrogens is 305 g/mol. The van der Waals surface area contributed by atoms with E-state index < -0.39 is 10.8 Å². The van der Waals surface area contributed by atoms with Gasteiger partial charge < -0.3 is 10.6 Å². The summed E-state index contributed by atoms with van der Waals surface area (Å²) in [7, 11) is 0. The monoisotopic (exact) mass is 317 g/mol. The second-order valence-electron chi connectivity index (χ2n) is 4.62. The molecule has 1 heterocycles. The number of carbonyl (C=O) groups is 1. The van der Waals surface area contributed by atoms with Crippen LogP contribution in [0.3, 0.4) is 0 Å². The molecule has 1 fully saturated rings. The van der Waals surface area contributed by atoms with Crippen LogP contribution in [0.25, 0.3) is 0 Å². The minimum atomic E-state index is -0.611. The zero-order chi connectivity index (χ0) is 14.7. The summed E-state index contributed by atoms with van der Waals surface area (Å²) in [5.41, 5.74) is -0.232. The molecule has 2 rings (SSSR count). The predicted molar refractivity (Wildman–Crippen MR) is 76.4 cm³/mol. The molecule has 8 heteroatoms. The number of hydrogen-bond acceptors (Lipinski definition) is 4. The Morgan fingerprint density at radius 1 is 1.50 bits per heavy atom. The first kappa shape index (κ1) is 15.0. The molecule has 1 unspecified atom stereocenters. The zero-order valence-corrected chi connectivity index (χ0v) is 12.0. The van der Waals surface area contributed by atoms with Crippen molar-refractivity contribution < 1.29 is 9.72 Å². The number of carbonyl (C=O) groups excluding carboxylic acids is 1. The first-order valence-corrected chi connectivity index (χ1v) is 6.87. The normalized spacial score (nSPS) is 18.0. The highest BCUT2D eigenvalue weighted by atomic mass is 35.5. The maximum Gasteiger partial charge on any atom is 0.271 e. The third-order valence-corrected chi connectivity index (χ3v) is 3.98. The van der Waals surface area contributed by atoms with Crippen molar-refractivity contribution in [1.82, 2.24) is 10.6 Å². The molecule has 1 amide bonds. The summed E-state index contributed by atoms with van der Waals surface area (Å²) in [6, 6.07) is 2.26. The summed E-state index contributed by atoms with van der Waals surface area (Å²) in [6.45, 7) is 2.29. The Balaban J connectivity index is 2.13. The molecule has 0 bridgehead atoms. The number of hydrogen-bond donors (Lipinski definition) is 2. The second kappa shape index (κ2) is 6.39. The van der Waals surface area contributed by atoms with Gasteiger partial charge in [0.25, 0.3) is 11.6 Å². The number of nitro benzene ring substituents is 1. The Morgan fingerprint density at radius 3 is 2.85 bits per heavy atom. The molecule has 2 N–H and O–H groups in total. The molecule has 1 saturated heterocycles. The summed E-state index contributed by atoms with van der Waals surface area (Å²) in [5.74, 6) is -0.0839. The van der Waals surface area contributed by atoms with Crippen LogP contribution in [0.2, 0.25) is 10.0 Å². The first-order chi connectivity index (χ1) is 9.49. The van der Waals surface area contributed by atoms with Crippen LogP contribution in [0, 0.1) is 16.0 Å². The van der Waals surface area contributed by atoms with E-state index in [1.54, 1.807) is 0 Å². The van der Waals surface area contributed by atoms with Crippen LogP contribution < -0.4 is 10.6 Å². The van der Waals surface area contributed by atoms with Crippen molar-refractivity contribution in [3.8, 4) is 0 Å². The fourth-order valence-corrected chi connectivity index (χ4v) is 2.47. The Morgan fingerprint density at radius 2 is 2.25 bits per heavy atom. The highest BCUT2D eigenvalue weighted by molar-refractivity contribution is 6.44. The fraction of sp³-hybridized carbons (Fsp3) is 0.417. The lowest BCUT2D eigenvalue weighted by atomic mass is 10.1. The molecule has 0 saturated carbocycles. The van der Waals surface area contributed by atoms with Crippen LogP contribution >= 0.6 is 23.2 Å². The van der Waals surface area contributed by atoms with Crippen LogP contribution in [-0.2, 0) is 0 Å². The van der Waals surface area contributed by atoms with E-state index in [2.05, 4.69) is 10.6 Å². The van der Waals surface area contributed by atoms with E-state index in [9.17, 15) is 14.9 Å². The maximum atomic E-state index is 12.1. The lowest BCUT2D eigenvalue weighted by molar-refractivity contribution is -0.384. The van der Waals surface area contributed by atoms with Gasteiger partial charge in [-0.25, -0.2) is 0 Å². The summed E-state index contributed by atoms with van der Waals surface area (Å²) >= 11 is 11.7. The summed E-state index contributed by atoms with van der Waals surface area (Å²) in [6.07, 6.45) is 0.990. The van der Waals surface area contributed by atoms with Crippen LogP contribution in [0.15, 0.2) is 12.1 Å². The molecule has 20 heavy (non-hydrogen) atoms. The van der Waals surface area contributed by atoms with Gasteiger partial charge >= 0.3 is 0 Å². The average Bonchev–Trinajstić information content (AvgIpc) is 2.92. The molecule has 0 radical (unpaired) electrons. The molecule has 1 aromatic rings. The van der Waals surface area contributed by atoms with Gasteiger partial charge in [0.15, 0.2) is 0 Å². The van der Waals surface area contributed by atoms with Crippen molar-refractivity contribution in [2.45, 2.75) is 6.42 Å². The van der Waals surface area contributed by atoms with Gasteiger partial charge in [-0.2, -0.15) is 0 Å². The number of benzene rings is 1. The number of nitro groups is 1. The van der Waals surface area contributed by atoms with Gasteiger partial charge in [0, 0.05) is 18.7 Å². The lowest BCUT2D eigenvalue weighted by Crippen LogP contribution is -2.30. The van der Waals surface area contributed by atoms with E-state index >= 15 is 0 Å². The molecule has 1 aromatic carbocycles. The van der Waals surface area contributed by atoms with Crippen LogP contribution in [-0.4, -0.2) is 30.5 Å². The van der Waals surface area contributed by atoms with Gasteiger partial charge in [0.05, 0.1) is 20.5 Å². The van der Waals surface area contributed by atoms with Gasteiger partial charge in [0.2, 0.25) is 0 Å². The topological polar surface area (TPSA) is 84.3 Å². The minimum absolute atomic E-state index is 0.00597. The van der Waals surface area contributed by atoms with Gasteiger partial charge in [-0.15, -0.1) is 0 Å². The predicted octanol–water partition coefficient (Wildman–Crippen LogP) is 2.24. The Hall–Kier alpha value is -1.37. The van der Waals surface area contributed by atoms with Gasteiger partial charge in [0.1, 0.15) is 0 Å². The molecule has 1 aliphatic heterocycles. The van der Waals surface area contributed by atoms with Crippen molar-refractivity contribution in [1.29, 1.82) is 0 Å². The lowest BCUT2D eigenvalue weighted by Gasteiger charge is -2.11. The molecule has 1 aliphatic rings. The second-order valence-corrected chi connectivity index (χ2v) is 5.40. The molecule has 108 valence electrons. The van der Waals surface area contributed by atoms with E-state index in [4.69, 9.17) is 23.2 Å². The fourth-order valence-electron chi connectivity index (χ4n) is 2.07. The van der Waals surface area contributed by atoms with E-state index in [0.717, 1.165) is 31.6 Å².